The Morgan fingerprint density at radius 2 is 2.10 bits per heavy atom. The zero-order valence-corrected chi connectivity index (χ0v) is 8.31. The van der Waals surface area contributed by atoms with E-state index in [1.807, 2.05) is 6.92 Å². The molecule has 0 aliphatic rings. The summed E-state index contributed by atoms with van der Waals surface area (Å²) in [6.45, 7) is 1.89. The molecule has 0 saturated heterocycles. The predicted molar refractivity (Wildman–Crippen MR) is 47.7 cm³/mol. The van der Waals surface area contributed by atoms with E-state index in [1.165, 1.54) is 0 Å². The molecule has 3 heteroatoms. The van der Waals surface area contributed by atoms with Crippen LogP contribution in [0.1, 0.15) is 5.56 Å². The first-order valence-corrected chi connectivity index (χ1v) is 4.19. The third kappa shape index (κ3) is 1.47. The molecule has 0 fully saturated rings. The van der Waals surface area contributed by atoms with Crippen molar-refractivity contribution in [3.8, 4) is 0 Å². The van der Waals surface area contributed by atoms with Gasteiger partial charge in [0.25, 0.3) is 0 Å². The molecule has 53 valence electrons. The van der Waals surface area contributed by atoms with Gasteiger partial charge in [-0.25, -0.2) is 0 Å². The van der Waals surface area contributed by atoms with E-state index in [9.17, 15) is 0 Å². The lowest BCUT2D eigenvalue weighted by Crippen LogP contribution is -1.78. The van der Waals surface area contributed by atoms with E-state index in [4.69, 9.17) is 23.2 Å². The maximum Gasteiger partial charge on any atom is 0.0630 e. The summed E-state index contributed by atoms with van der Waals surface area (Å²) in [7, 11) is 0. The number of rotatable bonds is 0. The van der Waals surface area contributed by atoms with Gasteiger partial charge in [0.2, 0.25) is 0 Å². The van der Waals surface area contributed by atoms with Crippen LogP contribution in [0.3, 0.4) is 0 Å². The van der Waals surface area contributed by atoms with Crippen LogP contribution in [0.5, 0.6) is 0 Å². The molecule has 0 saturated carbocycles. The van der Waals surface area contributed by atoms with E-state index in [0.717, 1.165) is 10.0 Å². The summed E-state index contributed by atoms with van der Waals surface area (Å²) in [4.78, 5) is 0. The molecule has 0 nitrogen and oxygen atoms in total. The molecule has 0 aliphatic heterocycles. The van der Waals surface area contributed by atoms with Crippen LogP contribution < -0.4 is 0 Å². The summed E-state index contributed by atoms with van der Waals surface area (Å²) in [6, 6.07) is 4.45. The van der Waals surface area contributed by atoms with Crippen molar-refractivity contribution in [2.24, 2.45) is 0 Å². The van der Waals surface area contributed by atoms with Gasteiger partial charge in [0, 0.05) is 15.6 Å². The largest absolute Gasteiger partial charge is 0.0840 e. The Morgan fingerprint density at radius 1 is 1.50 bits per heavy atom. The molecule has 0 unspecified atom stereocenters. The minimum absolute atomic E-state index is 0.571. The Kier molecular flexibility index (Phi) is 2.61. The maximum absolute atomic E-state index is 5.77. The Balaban J connectivity index is 3.34. The first-order valence-electron chi connectivity index (χ1n) is 2.64. The normalized spacial score (nSPS) is 10.0. The summed E-state index contributed by atoms with van der Waals surface area (Å²) in [5.74, 6) is 0. The molecule has 0 bridgehead atoms. The first kappa shape index (κ1) is 8.38. The molecule has 1 aromatic carbocycles. The Bertz CT molecular complexity index is 231. The lowest BCUT2D eigenvalue weighted by Gasteiger charge is -2.00. The van der Waals surface area contributed by atoms with Crippen molar-refractivity contribution < 1.29 is 0 Å². The van der Waals surface area contributed by atoms with Crippen LogP contribution in [0.2, 0.25) is 10.0 Å². The Hall–Kier alpha value is 0.280. The molecule has 0 atom stereocenters. The summed E-state index contributed by atoms with van der Waals surface area (Å²) in [5, 5.41) is 1.25. The number of benzene rings is 1. The smallest absolute Gasteiger partial charge is 0.0630 e. The highest BCUT2D eigenvalue weighted by molar-refractivity contribution is 9.10. The fourth-order valence-electron chi connectivity index (χ4n) is 0.568. The predicted octanol–water partition coefficient (Wildman–Crippen LogP) is 3.86. The first-order chi connectivity index (χ1) is 4.63. The van der Waals surface area contributed by atoms with Gasteiger partial charge in [0.15, 0.2) is 0 Å². The maximum atomic E-state index is 5.77. The van der Waals surface area contributed by atoms with Gasteiger partial charge in [-0.3, -0.25) is 0 Å². The van der Waals surface area contributed by atoms with Gasteiger partial charge < -0.3 is 0 Å². The van der Waals surface area contributed by atoms with Gasteiger partial charge in [0.1, 0.15) is 0 Å². The van der Waals surface area contributed by atoms with Gasteiger partial charge >= 0.3 is 0 Å². The molecule has 10 heavy (non-hydrogen) atoms. The van der Waals surface area contributed by atoms with Crippen LogP contribution >= 0.6 is 39.1 Å². The quantitative estimate of drug-likeness (QED) is 0.603. The molecule has 1 aromatic rings. The van der Waals surface area contributed by atoms with Crippen molar-refractivity contribution >= 4 is 39.1 Å². The summed E-state index contributed by atoms with van der Waals surface area (Å²) in [5.41, 5.74) is 0.949. The van der Waals surface area contributed by atoms with Crippen molar-refractivity contribution in [1.82, 2.24) is 0 Å². The van der Waals surface area contributed by atoms with Crippen LogP contribution in [0.15, 0.2) is 10.5 Å². The van der Waals surface area contributed by atoms with Gasteiger partial charge in [-0.05, 0) is 34.5 Å². The van der Waals surface area contributed by atoms with E-state index in [2.05, 4.69) is 22.0 Å². The monoisotopic (exact) mass is 237 g/mol. The molecular weight excluding hydrogens is 235 g/mol. The summed E-state index contributed by atoms with van der Waals surface area (Å²) >= 11 is 14.8. The number of hydrogen-bond acceptors (Lipinski definition) is 0. The third-order valence-electron chi connectivity index (χ3n) is 1.21. The standard InChI is InChI=1S/C7H4BrCl2/c1-4-5(9)2-3-6(10)7(4)8/h2H,1H3. The van der Waals surface area contributed by atoms with Gasteiger partial charge in [-0.15, -0.1) is 0 Å². The van der Waals surface area contributed by atoms with E-state index < -0.39 is 0 Å². The van der Waals surface area contributed by atoms with E-state index >= 15 is 0 Å². The van der Waals surface area contributed by atoms with Crippen LogP contribution in [0.4, 0.5) is 0 Å². The van der Waals surface area contributed by atoms with Gasteiger partial charge in [-0.1, -0.05) is 23.2 Å². The van der Waals surface area contributed by atoms with Crippen LogP contribution in [0.25, 0.3) is 0 Å². The third-order valence-corrected chi connectivity index (χ3v) is 3.12. The van der Waals surface area contributed by atoms with Crippen molar-refractivity contribution in [1.29, 1.82) is 0 Å². The average molecular weight is 239 g/mol. The van der Waals surface area contributed by atoms with Crippen molar-refractivity contribution in [2.75, 3.05) is 0 Å². The van der Waals surface area contributed by atoms with Crippen LogP contribution in [0, 0.1) is 13.0 Å². The van der Waals surface area contributed by atoms with E-state index in [-0.39, 0.29) is 0 Å². The molecular formula is C7H4BrCl2. The molecule has 0 amide bonds. The van der Waals surface area contributed by atoms with Gasteiger partial charge in [0.05, 0.1) is 5.02 Å². The van der Waals surface area contributed by atoms with Crippen LogP contribution in [-0.2, 0) is 0 Å². The van der Waals surface area contributed by atoms with Crippen molar-refractivity contribution in [3.05, 3.63) is 32.2 Å². The van der Waals surface area contributed by atoms with Crippen molar-refractivity contribution in [2.45, 2.75) is 6.92 Å². The zero-order chi connectivity index (χ0) is 7.72. The summed E-state index contributed by atoms with van der Waals surface area (Å²) in [6.07, 6.45) is 0. The van der Waals surface area contributed by atoms with E-state index in [1.54, 1.807) is 6.07 Å². The van der Waals surface area contributed by atoms with Crippen molar-refractivity contribution in [3.63, 3.8) is 0 Å². The highest BCUT2D eigenvalue weighted by Gasteiger charge is 2.03. The molecule has 0 heterocycles. The summed E-state index contributed by atoms with van der Waals surface area (Å²) < 4.78 is 0.821. The highest BCUT2D eigenvalue weighted by Crippen LogP contribution is 2.29. The van der Waals surface area contributed by atoms with Gasteiger partial charge in [-0.2, -0.15) is 0 Å². The lowest BCUT2D eigenvalue weighted by molar-refractivity contribution is 1.43. The lowest BCUT2D eigenvalue weighted by atomic mass is 10.2. The molecule has 1 radical (unpaired) electrons. The molecule has 0 N–H and O–H groups in total. The SMILES string of the molecule is Cc1c(Cl)c[c]c(Cl)c1Br. The number of hydrogen-bond donors (Lipinski definition) is 0. The minimum Gasteiger partial charge on any atom is -0.0840 e. The second-order valence-electron chi connectivity index (χ2n) is 1.89. The zero-order valence-electron chi connectivity index (χ0n) is 5.21. The molecule has 1 rings (SSSR count). The second-order valence-corrected chi connectivity index (χ2v) is 3.47. The average Bonchev–Trinajstić information content (AvgIpc) is 1.93. The number of halogens is 3. The molecule has 0 aliphatic carbocycles. The highest BCUT2D eigenvalue weighted by atomic mass is 79.9. The van der Waals surface area contributed by atoms with Crippen LogP contribution in [-0.4, -0.2) is 0 Å². The molecule has 0 aromatic heterocycles. The fraction of sp³-hybridized carbons (Fsp3) is 0.143. The van der Waals surface area contributed by atoms with E-state index in [0.29, 0.717) is 10.0 Å². The minimum atomic E-state index is 0.571. The topological polar surface area (TPSA) is 0 Å². The fourth-order valence-corrected chi connectivity index (χ4v) is 1.36. The molecule has 0 spiro atoms. The second kappa shape index (κ2) is 3.12. The Labute approximate surface area is 78.3 Å². The Morgan fingerprint density at radius 3 is 2.60 bits per heavy atom.